The number of unbranched alkanes of at least 4 members (excludes halogenated alkanes) is 4. The highest BCUT2D eigenvalue weighted by molar-refractivity contribution is 5.17. The van der Waals surface area contributed by atoms with Gasteiger partial charge in [0.15, 0.2) is 0 Å². The maximum atomic E-state index is 13.0. The third-order valence-electron chi connectivity index (χ3n) is 3.84. The van der Waals surface area contributed by atoms with E-state index in [1.807, 2.05) is 18.2 Å². The van der Waals surface area contributed by atoms with Crippen LogP contribution in [0.1, 0.15) is 70.8 Å². The second-order valence-corrected chi connectivity index (χ2v) is 5.76. The lowest BCUT2D eigenvalue weighted by atomic mass is 9.84. The molecule has 1 nitrogen and oxygen atoms in total. The summed E-state index contributed by atoms with van der Waals surface area (Å²) in [5.74, 6) is 0. The van der Waals surface area contributed by atoms with Crippen LogP contribution >= 0.6 is 0 Å². The van der Waals surface area contributed by atoms with Crippen LogP contribution in [0.2, 0.25) is 0 Å². The van der Waals surface area contributed by atoms with Crippen molar-refractivity contribution >= 4 is 0 Å². The Hall–Kier alpha value is -0.820. The minimum atomic E-state index is -0.744. The van der Waals surface area contributed by atoms with Crippen molar-refractivity contribution in [3.05, 3.63) is 35.9 Å². The summed E-state index contributed by atoms with van der Waals surface area (Å²) in [7, 11) is 0. The normalized spacial score (nSPS) is 11.7. The Bertz CT molecular complexity index is 308. The first kappa shape index (κ1) is 16.2. The van der Waals surface area contributed by atoms with Gasteiger partial charge in [0.2, 0.25) is 0 Å². The molecule has 1 aromatic carbocycles. The van der Waals surface area contributed by atoms with E-state index in [0.717, 1.165) is 25.7 Å². The summed E-state index contributed by atoms with van der Waals surface area (Å²) < 4.78 is 0. The third kappa shape index (κ3) is 6.77. The maximum Gasteiger partial charge on any atom is 0.108 e. The molecule has 0 aromatic heterocycles. The van der Waals surface area contributed by atoms with Gasteiger partial charge in [0.25, 0.3) is 0 Å². The first-order valence-electron chi connectivity index (χ1n) is 7.94. The van der Waals surface area contributed by atoms with Gasteiger partial charge in [-0.2, -0.15) is 0 Å². The van der Waals surface area contributed by atoms with Crippen LogP contribution < -0.4 is 0 Å². The van der Waals surface area contributed by atoms with Gasteiger partial charge in [0.05, 0.1) is 0 Å². The van der Waals surface area contributed by atoms with E-state index < -0.39 is 5.60 Å². The molecule has 0 aliphatic heterocycles. The first-order valence-corrected chi connectivity index (χ1v) is 7.94. The summed E-state index contributed by atoms with van der Waals surface area (Å²) in [6.45, 7) is 4.39. The summed E-state index contributed by atoms with van der Waals surface area (Å²) in [6.07, 6.45) is 9.28. The van der Waals surface area contributed by atoms with E-state index in [0.29, 0.717) is 6.42 Å². The summed E-state index contributed by atoms with van der Waals surface area (Å²) in [6, 6.07) is 10.3. The molecule has 0 atom stereocenters. The molecule has 1 rings (SSSR count). The van der Waals surface area contributed by atoms with Crippen LogP contribution in [0.3, 0.4) is 0 Å². The van der Waals surface area contributed by atoms with Crippen molar-refractivity contribution in [1.29, 1.82) is 0 Å². The smallest absolute Gasteiger partial charge is 0.108 e. The van der Waals surface area contributed by atoms with Gasteiger partial charge in [-0.05, 0) is 18.4 Å². The van der Waals surface area contributed by atoms with Crippen molar-refractivity contribution in [3.63, 3.8) is 0 Å². The summed E-state index contributed by atoms with van der Waals surface area (Å²) in [5.41, 5.74) is 0.455. The minimum Gasteiger partial charge on any atom is -0.229 e. The standard InChI is InChI=1S/C18H29O/c1-3-5-10-14-18(19,15-11-6-4-2)16-17-12-8-7-9-13-17/h7-9,12-13H,3-6,10-11,14-16H2,1-2H3. The summed E-state index contributed by atoms with van der Waals surface area (Å²) >= 11 is 0. The van der Waals surface area contributed by atoms with Crippen LogP contribution in [0.15, 0.2) is 30.3 Å². The van der Waals surface area contributed by atoms with Gasteiger partial charge in [-0.1, -0.05) is 82.7 Å². The van der Waals surface area contributed by atoms with Crippen LogP contribution in [-0.4, -0.2) is 5.60 Å². The lowest BCUT2D eigenvalue weighted by Gasteiger charge is -2.26. The van der Waals surface area contributed by atoms with Crippen LogP contribution in [0, 0.1) is 0 Å². The Labute approximate surface area is 119 Å². The molecule has 0 saturated carbocycles. The van der Waals surface area contributed by atoms with E-state index in [4.69, 9.17) is 0 Å². The molecule has 0 fully saturated rings. The molecule has 0 spiro atoms. The predicted octanol–water partition coefficient (Wildman–Crippen LogP) is 5.56. The average Bonchev–Trinajstić information content (AvgIpc) is 2.40. The van der Waals surface area contributed by atoms with Crippen LogP contribution in [0.25, 0.3) is 0 Å². The van der Waals surface area contributed by atoms with E-state index >= 15 is 0 Å². The molecule has 107 valence electrons. The number of rotatable bonds is 10. The molecule has 0 unspecified atom stereocenters. The van der Waals surface area contributed by atoms with Gasteiger partial charge in [-0.3, -0.25) is 0 Å². The van der Waals surface area contributed by atoms with Crippen molar-refractivity contribution in [2.45, 2.75) is 77.2 Å². The molecule has 1 aromatic rings. The van der Waals surface area contributed by atoms with Crippen molar-refractivity contribution in [3.8, 4) is 0 Å². The van der Waals surface area contributed by atoms with E-state index in [-0.39, 0.29) is 0 Å². The molecule has 0 N–H and O–H groups in total. The van der Waals surface area contributed by atoms with Gasteiger partial charge in [0.1, 0.15) is 5.60 Å². The summed E-state index contributed by atoms with van der Waals surface area (Å²) in [4.78, 5) is 0. The molecular weight excluding hydrogens is 232 g/mol. The Morgan fingerprint density at radius 3 is 1.84 bits per heavy atom. The second-order valence-electron chi connectivity index (χ2n) is 5.76. The molecular formula is C18H29O. The lowest BCUT2D eigenvalue weighted by molar-refractivity contribution is -0.0469. The SMILES string of the molecule is CCCCCC([O])(CCCCC)Cc1ccccc1. The highest BCUT2D eigenvalue weighted by atomic mass is 16.3. The van der Waals surface area contributed by atoms with Gasteiger partial charge in [0, 0.05) is 6.42 Å². The van der Waals surface area contributed by atoms with E-state index in [1.165, 1.54) is 31.2 Å². The Morgan fingerprint density at radius 1 is 0.842 bits per heavy atom. The predicted molar refractivity (Wildman–Crippen MR) is 81.8 cm³/mol. The Kier molecular flexibility index (Phi) is 7.81. The van der Waals surface area contributed by atoms with Gasteiger partial charge >= 0.3 is 0 Å². The monoisotopic (exact) mass is 261 g/mol. The zero-order chi connectivity index (χ0) is 14.0. The fraction of sp³-hybridized carbons (Fsp3) is 0.667. The largest absolute Gasteiger partial charge is 0.229 e. The lowest BCUT2D eigenvalue weighted by Crippen LogP contribution is -2.30. The third-order valence-corrected chi connectivity index (χ3v) is 3.84. The molecule has 0 aliphatic rings. The molecule has 1 radical (unpaired) electrons. The van der Waals surface area contributed by atoms with Gasteiger partial charge < -0.3 is 0 Å². The van der Waals surface area contributed by atoms with Gasteiger partial charge in [-0.15, -0.1) is 0 Å². The molecule has 0 heterocycles. The Balaban J connectivity index is 2.56. The zero-order valence-electron chi connectivity index (χ0n) is 12.7. The molecule has 19 heavy (non-hydrogen) atoms. The van der Waals surface area contributed by atoms with Crippen molar-refractivity contribution in [1.82, 2.24) is 0 Å². The average molecular weight is 261 g/mol. The quantitative estimate of drug-likeness (QED) is 0.491. The number of benzene rings is 1. The second kappa shape index (κ2) is 9.14. The molecule has 0 saturated heterocycles. The van der Waals surface area contributed by atoms with Crippen molar-refractivity contribution in [2.24, 2.45) is 0 Å². The Morgan fingerprint density at radius 2 is 1.37 bits per heavy atom. The molecule has 1 heteroatoms. The molecule has 0 amide bonds. The molecule has 0 aliphatic carbocycles. The number of hydrogen-bond donors (Lipinski definition) is 0. The van der Waals surface area contributed by atoms with Crippen molar-refractivity contribution < 1.29 is 5.11 Å². The van der Waals surface area contributed by atoms with E-state index in [2.05, 4.69) is 26.0 Å². The van der Waals surface area contributed by atoms with Gasteiger partial charge in [-0.25, -0.2) is 5.11 Å². The van der Waals surface area contributed by atoms with E-state index in [1.54, 1.807) is 0 Å². The number of hydrogen-bond acceptors (Lipinski definition) is 0. The van der Waals surface area contributed by atoms with Crippen LogP contribution in [-0.2, 0) is 11.5 Å². The zero-order valence-corrected chi connectivity index (χ0v) is 12.7. The van der Waals surface area contributed by atoms with E-state index in [9.17, 15) is 5.11 Å². The highest BCUT2D eigenvalue weighted by Gasteiger charge is 2.28. The highest BCUT2D eigenvalue weighted by Crippen LogP contribution is 2.27. The maximum absolute atomic E-state index is 13.0. The summed E-state index contributed by atoms with van der Waals surface area (Å²) in [5, 5.41) is 13.0. The van der Waals surface area contributed by atoms with Crippen LogP contribution in [0.4, 0.5) is 0 Å². The topological polar surface area (TPSA) is 19.9 Å². The fourth-order valence-corrected chi connectivity index (χ4v) is 2.66. The van der Waals surface area contributed by atoms with Crippen LogP contribution in [0.5, 0.6) is 0 Å². The first-order chi connectivity index (χ1) is 9.20. The molecule has 0 bridgehead atoms. The van der Waals surface area contributed by atoms with Crippen molar-refractivity contribution in [2.75, 3.05) is 0 Å². The fourth-order valence-electron chi connectivity index (χ4n) is 2.66. The minimum absolute atomic E-state index is 0.696.